The van der Waals surface area contributed by atoms with Gasteiger partial charge >= 0.3 is 12.2 Å². The van der Waals surface area contributed by atoms with Crippen LogP contribution in [0, 0.1) is 5.92 Å². The summed E-state index contributed by atoms with van der Waals surface area (Å²) in [4.78, 5) is 11.7. The molecule has 1 aromatic rings. The zero-order chi connectivity index (χ0) is 15.4. The normalized spacial score (nSPS) is 24.9. The summed E-state index contributed by atoms with van der Waals surface area (Å²) < 4.78 is 41.6. The summed E-state index contributed by atoms with van der Waals surface area (Å²) in [7, 11) is 0. The Labute approximate surface area is 124 Å². The topological polar surface area (TPSA) is 41.1 Å². The molecule has 21 heavy (non-hydrogen) atoms. The van der Waals surface area contributed by atoms with Crippen molar-refractivity contribution in [2.75, 3.05) is 5.32 Å². The Morgan fingerprint density at radius 3 is 2.62 bits per heavy atom. The second kappa shape index (κ2) is 4.40. The van der Waals surface area contributed by atoms with Gasteiger partial charge < -0.3 is 10.6 Å². The Hall–Kier alpha value is -1.69. The van der Waals surface area contributed by atoms with Gasteiger partial charge in [0.1, 0.15) is 0 Å². The minimum atomic E-state index is -4.70. The van der Waals surface area contributed by atoms with E-state index in [1.165, 1.54) is 18.2 Å². The van der Waals surface area contributed by atoms with Gasteiger partial charge in [-0.15, -0.1) is 0 Å². The van der Waals surface area contributed by atoms with Crippen LogP contribution in [0.3, 0.4) is 0 Å². The summed E-state index contributed by atoms with van der Waals surface area (Å²) in [6.07, 6.45) is -3.41. The van der Waals surface area contributed by atoms with E-state index in [9.17, 15) is 18.0 Å². The number of nitrogens with one attached hydrogen (secondary N) is 2. The number of benzene rings is 1. The largest absolute Gasteiger partial charge is 0.419 e. The molecular formula is C14H12ClF3N2O. The van der Waals surface area contributed by atoms with Crippen LogP contribution in [0.15, 0.2) is 30.4 Å². The van der Waals surface area contributed by atoms with E-state index in [1.54, 1.807) is 0 Å². The fourth-order valence-corrected chi connectivity index (χ4v) is 2.90. The maximum Gasteiger partial charge on any atom is 0.419 e. The van der Waals surface area contributed by atoms with E-state index in [2.05, 4.69) is 11.9 Å². The van der Waals surface area contributed by atoms with Gasteiger partial charge in [-0.2, -0.15) is 13.2 Å². The Balaban J connectivity index is 2.26. The Bertz CT molecular complexity index is 640. The molecular weight excluding hydrogens is 305 g/mol. The van der Waals surface area contributed by atoms with Gasteiger partial charge in [0.15, 0.2) is 5.54 Å². The van der Waals surface area contributed by atoms with E-state index in [4.69, 9.17) is 11.6 Å². The molecule has 1 atom stereocenters. The van der Waals surface area contributed by atoms with Crippen LogP contribution >= 0.6 is 11.6 Å². The molecule has 0 radical (unpaired) electrons. The number of alkyl halides is 3. The van der Waals surface area contributed by atoms with Gasteiger partial charge in [-0.3, -0.25) is 0 Å². The van der Waals surface area contributed by atoms with Crippen molar-refractivity contribution in [1.82, 2.24) is 5.32 Å². The van der Waals surface area contributed by atoms with Crippen LogP contribution in [0.2, 0.25) is 5.02 Å². The first-order chi connectivity index (χ1) is 9.75. The number of anilines is 1. The summed E-state index contributed by atoms with van der Waals surface area (Å²) in [5, 5.41) is 4.59. The fourth-order valence-electron chi connectivity index (χ4n) is 2.72. The molecule has 3 nitrogen and oxygen atoms in total. The predicted octanol–water partition coefficient (Wildman–Crippen LogP) is 4.20. The number of urea groups is 1. The lowest BCUT2D eigenvalue weighted by atomic mass is 9.78. The van der Waals surface area contributed by atoms with E-state index >= 15 is 0 Å². The summed E-state index contributed by atoms with van der Waals surface area (Å²) >= 11 is 5.85. The maximum atomic E-state index is 13.9. The number of halogens is 4. The molecule has 2 aliphatic rings. The van der Waals surface area contributed by atoms with Gasteiger partial charge in [0.05, 0.1) is 0 Å². The van der Waals surface area contributed by atoms with Crippen LogP contribution in [0.5, 0.6) is 0 Å². The number of carbonyl (C=O) groups excluding carboxylic acids is 1. The molecule has 0 spiro atoms. The van der Waals surface area contributed by atoms with Gasteiger partial charge in [-0.25, -0.2) is 4.79 Å². The number of carbonyl (C=O) groups is 1. The average molecular weight is 317 g/mol. The smallest absolute Gasteiger partial charge is 0.316 e. The van der Waals surface area contributed by atoms with Gasteiger partial charge in [-0.05, 0) is 42.5 Å². The van der Waals surface area contributed by atoms with E-state index in [1.807, 2.05) is 5.32 Å². The summed E-state index contributed by atoms with van der Waals surface area (Å²) in [6.45, 7) is 3.64. The van der Waals surface area contributed by atoms with Crippen LogP contribution < -0.4 is 10.6 Å². The van der Waals surface area contributed by atoms with Crippen molar-refractivity contribution in [2.45, 2.75) is 24.6 Å². The Morgan fingerprint density at radius 1 is 1.38 bits per heavy atom. The molecule has 0 aromatic heterocycles. The van der Waals surface area contributed by atoms with Crippen LogP contribution in [0.1, 0.15) is 18.4 Å². The molecule has 0 bridgehead atoms. The molecule has 1 saturated carbocycles. The average Bonchev–Trinajstić information content (AvgIpc) is 3.20. The number of rotatable bonds is 2. The zero-order valence-electron chi connectivity index (χ0n) is 10.9. The fraction of sp³-hybridized carbons (Fsp3) is 0.357. The Kier molecular flexibility index (Phi) is 2.99. The number of hydrogen-bond acceptors (Lipinski definition) is 1. The van der Waals surface area contributed by atoms with Gasteiger partial charge in [0, 0.05) is 16.3 Å². The SMILES string of the molecule is C=C(C1CC1)C1(C(F)(F)F)NC(=O)Nc2ccc(Cl)cc21. The molecule has 1 fully saturated rings. The van der Waals surface area contributed by atoms with Crippen LogP contribution in [0.4, 0.5) is 23.7 Å². The highest BCUT2D eigenvalue weighted by molar-refractivity contribution is 6.30. The highest BCUT2D eigenvalue weighted by Gasteiger charge is 2.63. The molecule has 7 heteroatoms. The van der Waals surface area contributed by atoms with Crippen LogP contribution in [-0.2, 0) is 5.54 Å². The lowest BCUT2D eigenvalue weighted by Crippen LogP contribution is -2.61. The standard InChI is InChI=1S/C14H12ClF3N2O/c1-7(8-2-3-8)13(14(16,17)18)10-6-9(15)4-5-11(10)19-12(21)20-13/h4-6,8H,1-3H2,(H2,19,20,21). The van der Waals surface area contributed by atoms with Gasteiger partial charge in [-0.1, -0.05) is 18.2 Å². The summed E-state index contributed by atoms with van der Waals surface area (Å²) in [5.74, 6) is -0.239. The van der Waals surface area contributed by atoms with Crippen molar-refractivity contribution < 1.29 is 18.0 Å². The molecule has 1 heterocycles. The minimum absolute atomic E-state index is 0.0339. The van der Waals surface area contributed by atoms with Crippen molar-refractivity contribution in [3.8, 4) is 0 Å². The van der Waals surface area contributed by atoms with Crippen molar-refractivity contribution >= 4 is 23.3 Å². The van der Waals surface area contributed by atoms with E-state index in [0.717, 1.165) is 0 Å². The number of hydrogen-bond donors (Lipinski definition) is 2. The third-order valence-corrected chi connectivity index (χ3v) is 4.15. The molecule has 1 unspecified atom stereocenters. The molecule has 112 valence electrons. The Morgan fingerprint density at radius 2 is 2.05 bits per heavy atom. The number of fused-ring (bicyclic) bond motifs is 1. The van der Waals surface area contributed by atoms with Gasteiger partial charge in [0.25, 0.3) is 0 Å². The maximum absolute atomic E-state index is 13.9. The second-order valence-electron chi connectivity index (χ2n) is 5.32. The van der Waals surface area contributed by atoms with E-state index in [-0.39, 0.29) is 27.8 Å². The molecule has 2 amide bonds. The van der Waals surface area contributed by atoms with Crippen molar-refractivity contribution in [2.24, 2.45) is 5.92 Å². The number of amides is 2. The quantitative estimate of drug-likeness (QED) is 0.789. The first-order valence-electron chi connectivity index (χ1n) is 6.41. The lowest BCUT2D eigenvalue weighted by molar-refractivity contribution is -0.186. The molecule has 2 N–H and O–H groups in total. The highest BCUT2D eigenvalue weighted by atomic mass is 35.5. The minimum Gasteiger partial charge on any atom is -0.316 e. The molecule has 3 rings (SSSR count). The van der Waals surface area contributed by atoms with E-state index in [0.29, 0.717) is 12.8 Å². The van der Waals surface area contributed by atoms with Crippen molar-refractivity contribution in [3.63, 3.8) is 0 Å². The monoisotopic (exact) mass is 316 g/mol. The molecule has 1 aliphatic heterocycles. The zero-order valence-corrected chi connectivity index (χ0v) is 11.6. The third-order valence-electron chi connectivity index (χ3n) is 3.91. The summed E-state index contributed by atoms with van der Waals surface area (Å²) in [6, 6.07) is 3.14. The molecule has 1 aromatic carbocycles. The van der Waals surface area contributed by atoms with Crippen molar-refractivity contribution in [1.29, 1.82) is 0 Å². The van der Waals surface area contributed by atoms with Crippen LogP contribution in [0.25, 0.3) is 0 Å². The first-order valence-corrected chi connectivity index (χ1v) is 6.78. The predicted molar refractivity (Wildman–Crippen MR) is 73.2 cm³/mol. The highest BCUT2D eigenvalue weighted by Crippen LogP contribution is 2.54. The van der Waals surface area contributed by atoms with Gasteiger partial charge in [0.2, 0.25) is 0 Å². The van der Waals surface area contributed by atoms with Crippen LogP contribution in [-0.4, -0.2) is 12.2 Å². The first kappa shape index (κ1) is 14.3. The summed E-state index contributed by atoms with van der Waals surface area (Å²) in [5.41, 5.74) is -2.63. The molecule has 1 aliphatic carbocycles. The lowest BCUT2D eigenvalue weighted by Gasteiger charge is -2.42. The second-order valence-corrected chi connectivity index (χ2v) is 5.75. The third kappa shape index (κ3) is 2.09. The van der Waals surface area contributed by atoms with E-state index < -0.39 is 17.7 Å². The van der Waals surface area contributed by atoms with Crippen molar-refractivity contribution in [3.05, 3.63) is 40.9 Å². The molecule has 0 saturated heterocycles.